The van der Waals surface area contributed by atoms with Gasteiger partial charge in [-0.2, -0.15) is 5.10 Å². The molecule has 1 amide bonds. The highest BCUT2D eigenvalue weighted by atomic mass is 19.1. The minimum Gasteiger partial charge on any atom is -0.497 e. The van der Waals surface area contributed by atoms with Crippen molar-refractivity contribution >= 4 is 11.6 Å². The molecule has 0 radical (unpaired) electrons. The van der Waals surface area contributed by atoms with E-state index < -0.39 is 11.7 Å². The largest absolute Gasteiger partial charge is 0.497 e. The minimum absolute atomic E-state index is 0.00432. The molecule has 33 heavy (non-hydrogen) atoms. The number of ether oxygens (including phenoxy) is 3. The smallest absolute Gasteiger partial charge is 0.322 e. The number of anilines is 1. The fraction of sp³-hybridized carbons (Fsp3) is 0.130. The quantitative estimate of drug-likeness (QED) is 0.454. The summed E-state index contributed by atoms with van der Waals surface area (Å²) in [4.78, 5) is 20.8. The number of amides is 1. The molecule has 0 aliphatic heterocycles. The highest BCUT2D eigenvalue weighted by molar-refractivity contribution is 6.03. The first kappa shape index (κ1) is 21.8. The van der Waals surface area contributed by atoms with Crippen molar-refractivity contribution < 1.29 is 23.4 Å². The van der Waals surface area contributed by atoms with Crippen molar-refractivity contribution in [2.75, 3.05) is 19.5 Å². The van der Waals surface area contributed by atoms with Gasteiger partial charge in [0.1, 0.15) is 17.2 Å². The van der Waals surface area contributed by atoms with E-state index in [0.29, 0.717) is 34.1 Å². The molecule has 0 aliphatic rings. The van der Waals surface area contributed by atoms with E-state index >= 15 is 0 Å². The van der Waals surface area contributed by atoms with Gasteiger partial charge >= 0.3 is 6.01 Å². The van der Waals surface area contributed by atoms with Gasteiger partial charge in [0.15, 0.2) is 11.6 Å². The molecule has 0 aliphatic carbocycles. The summed E-state index contributed by atoms with van der Waals surface area (Å²) < 4.78 is 31.2. The number of rotatable bonds is 7. The number of benzene rings is 2. The predicted octanol–water partition coefficient (Wildman–Crippen LogP) is 4.08. The van der Waals surface area contributed by atoms with E-state index in [2.05, 4.69) is 20.4 Å². The van der Waals surface area contributed by atoms with Crippen LogP contribution in [0.1, 0.15) is 10.5 Å². The van der Waals surface area contributed by atoms with Gasteiger partial charge in [-0.3, -0.25) is 9.48 Å². The zero-order valence-corrected chi connectivity index (χ0v) is 18.1. The van der Waals surface area contributed by atoms with Crippen LogP contribution in [0.5, 0.6) is 23.3 Å². The second-order valence-electron chi connectivity index (χ2n) is 6.85. The molecule has 0 bridgehead atoms. The Balaban J connectivity index is 1.51. The fourth-order valence-electron chi connectivity index (χ4n) is 3.08. The molecule has 1 N–H and O–H groups in total. The molecule has 0 spiro atoms. The van der Waals surface area contributed by atoms with Gasteiger partial charge in [0.25, 0.3) is 5.91 Å². The lowest BCUT2D eigenvalue weighted by Gasteiger charge is -2.08. The number of hydrogen-bond acceptors (Lipinski definition) is 7. The number of aromatic nitrogens is 4. The van der Waals surface area contributed by atoms with E-state index in [1.807, 2.05) is 0 Å². The molecule has 0 fully saturated rings. The van der Waals surface area contributed by atoms with Crippen LogP contribution in [-0.2, 0) is 7.05 Å². The van der Waals surface area contributed by atoms with Crippen molar-refractivity contribution in [3.8, 4) is 34.5 Å². The highest BCUT2D eigenvalue weighted by Gasteiger charge is 2.18. The van der Waals surface area contributed by atoms with Crippen LogP contribution in [0, 0.1) is 5.82 Å². The Bertz CT molecular complexity index is 1290. The van der Waals surface area contributed by atoms with Crippen molar-refractivity contribution in [2.24, 2.45) is 7.05 Å². The van der Waals surface area contributed by atoms with Crippen LogP contribution in [0.25, 0.3) is 11.3 Å². The van der Waals surface area contributed by atoms with Crippen LogP contribution in [0.2, 0.25) is 0 Å². The summed E-state index contributed by atoms with van der Waals surface area (Å²) in [6.45, 7) is 0. The standard InChI is InChI=1S/C23H20FN5O4/c1-29-19(11-18(28-29)16-10-15(31-2)8-9-20(16)32-3)22(30)27-14-12-25-23(26-13-14)33-21-7-5-4-6-17(21)24/h4-13H,1-3H3,(H,27,30). The number of carbonyl (C=O) groups excluding carboxylic acids is 1. The molecule has 0 saturated carbocycles. The second-order valence-corrected chi connectivity index (χ2v) is 6.85. The van der Waals surface area contributed by atoms with Gasteiger partial charge in [-0.15, -0.1) is 0 Å². The SMILES string of the molecule is COc1ccc(OC)c(-c2cc(C(=O)Nc3cnc(Oc4ccccc4F)nc3)n(C)n2)c1. The lowest BCUT2D eigenvalue weighted by molar-refractivity contribution is 0.101. The molecule has 0 atom stereocenters. The number of nitrogens with one attached hydrogen (secondary N) is 1. The topological polar surface area (TPSA) is 100 Å². The first-order chi connectivity index (χ1) is 16.0. The molecular weight excluding hydrogens is 429 g/mol. The van der Waals surface area contributed by atoms with Crippen LogP contribution in [0.3, 0.4) is 0 Å². The fourth-order valence-corrected chi connectivity index (χ4v) is 3.08. The molecule has 168 valence electrons. The van der Waals surface area contributed by atoms with Gasteiger partial charge in [-0.25, -0.2) is 14.4 Å². The van der Waals surface area contributed by atoms with Gasteiger partial charge in [-0.05, 0) is 36.4 Å². The van der Waals surface area contributed by atoms with Crippen LogP contribution < -0.4 is 19.5 Å². The third-order valence-corrected chi connectivity index (χ3v) is 4.72. The summed E-state index contributed by atoms with van der Waals surface area (Å²) in [6, 6.07) is 12.8. The maximum absolute atomic E-state index is 13.7. The van der Waals surface area contributed by atoms with Crippen molar-refractivity contribution in [1.82, 2.24) is 19.7 Å². The molecule has 2 aromatic heterocycles. The predicted molar refractivity (Wildman–Crippen MR) is 118 cm³/mol. The summed E-state index contributed by atoms with van der Waals surface area (Å²) in [5.74, 6) is 0.296. The van der Waals surface area contributed by atoms with Gasteiger partial charge in [-0.1, -0.05) is 12.1 Å². The minimum atomic E-state index is -0.529. The number of aryl methyl sites for hydroxylation is 1. The van der Waals surface area contributed by atoms with Crippen LogP contribution >= 0.6 is 0 Å². The zero-order chi connectivity index (χ0) is 23.4. The first-order valence-electron chi connectivity index (χ1n) is 9.80. The molecule has 10 heteroatoms. The third kappa shape index (κ3) is 4.74. The third-order valence-electron chi connectivity index (χ3n) is 4.72. The van der Waals surface area contributed by atoms with Gasteiger partial charge < -0.3 is 19.5 Å². The Morgan fingerprint density at radius 3 is 2.45 bits per heavy atom. The second kappa shape index (κ2) is 9.35. The Morgan fingerprint density at radius 2 is 1.76 bits per heavy atom. The Morgan fingerprint density at radius 1 is 1.00 bits per heavy atom. The Hall–Kier alpha value is -4.47. The maximum Gasteiger partial charge on any atom is 0.322 e. The molecule has 4 aromatic rings. The van der Waals surface area contributed by atoms with E-state index in [0.717, 1.165) is 0 Å². The van der Waals surface area contributed by atoms with E-state index in [4.69, 9.17) is 14.2 Å². The Kier molecular flexibility index (Phi) is 6.16. The van der Waals surface area contributed by atoms with Crippen LogP contribution in [-0.4, -0.2) is 39.9 Å². The summed E-state index contributed by atoms with van der Waals surface area (Å²) >= 11 is 0. The highest BCUT2D eigenvalue weighted by Crippen LogP contribution is 2.33. The number of para-hydroxylation sites is 1. The van der Waals surface area contributed by atoms with Crippen molar-refractivity contribution in [3.05, 3.63) is 72.4 Å². The van der Waals surface area contributed by atoms with E-state index in [-0.39, 0.29) is 11.8 Å². The molecule has 2 aromatic carbocycles. The van der Waals surface area contributed by atoms with E-state index in [1.165, 1.54) is 29.2 Å². The van der Waals surface area contributed by atoms with Gasteiger partial charge in [0.05, 0.1) is 38.0 Å². The monoisotopic (exact) mass is 449 g/mol. The van der Waals surface area contributed by atoms with Crippen molar-refractivity contribution in [2.45, 2.75) is 0 Å². The number of methoxy groups -OCH3 is 2. The maximum atomic E-state index is 13.7. The van der Waals surface area contributed by atoms with Gasteiger partial charge in [0.2, 0.25) is 0 Å². The summed E-state index contributed by atoms with van der Waals surface area (Å²) in [7, 11) is 4.78. The van der Waals surface area contributed by atoms with Crippen molar-refractivity contribution in [3.63, 3.8) is 0 Å². The molecule has 4 rings (SSSR count). The van der Waals surface area contributed by atoms with E-state index in [1.54, 1.807) is 57.7 Å². The molecule has 9 nitrogen and oxygen atoms in total. The van der Waals surface area contributed by atoms with E-state index in [9.17, 15) is 9.18 Å². The summed E-state index contributed by atoms with van der Waals surface area (Å²) in [6.07, 6.45) is 2.73. The molecule has 0 saturated heterocycles. The number of carbonyl (C=O) groups is 1. The average molecular weight is 449 g/mol. The zero-order valence-electron chi connectivity index (χ0n) is 18.1. The first-order valence-corrected chi connectivity index (χ1v) is 9.80. The number of nitrogens with zero attached hydrogens (tertiary/aromatic N) is 4. The number of hydrogen-bond donors (Lipinski definition) is 1. The Labute approximate surface area is 188 Å². The summed E-state index contributed by atoms with van der Waals surface area (Å²) in [5, 5.41) is 7.14. The van der Waals surface area contributed by atoms with Gasteiger partial charge in [0, 0.05) is 12.6 Å². The lowest BCUT2D eigenvalue weighted by atomic mass is 10.1. The van der Waals surface area contributed by atoms with Crippen LogP contribution in [0.15, 0.2) is 60.9 Å². The van der Waals surface area contributed by atoms with Crippen LogP contribution in [0.4, 0.5) is 10.1 Å². The summed E-state index contributed by atoms with van der Waals surface area (Å²) in [5.41, 5.74) is 1.87. The average Bonchev–Trinajstić information content (AvgIpc) is 3.23. The molecule has 0 unspecified atom stereocenters. The molecular formula is C23H20FN5O4. The van der Waals surface area contributed by atoms with Crippen molar-refractivity contribution in [1.29, 1.82) is 0 Å². The lowest BCUT2D eigenvalue weighted by Crippen LogP contribution is -2.16. The number of halogens is 1. The normalized spacial score (nSPS) is 10.5. The molecule has 2 heterocycles.